The van der Waals surface area contributed by atoms with Gasteiger partial charge in [0.15, 0.2) is 0 Å². The molecular formula is C10H19ClO. The van der Waals surface area contributed by atoms with Gasteiger partial charge in [-0.1, -0.05) is 44.2 Å². The number of hydrogen-bond acceptors (Lipinski definition) is 1. The standard InChI is InChI=1S/C10H19ClO/c1-2-9-6-4-3-5-7-10(11,12)8-9/h9,12H,2-8H2,1H3. The van der Waals surface area contributed by atoms with E-state index in [1.165, 1.54) is 19.3 Å². The van der Waals surface area contributed by atoms with Crippen molar-refractivity contribution >= 4 is 11.6 Å². The molecule has 2 unspecified atom stereocenters. The Balaban J connectivity index is 2.45. The molecule has 1 nitrogen and oxygen atoms in total. The molecule has 12 heavy (non-hydrogen) atoms. The molecule has 1 rings (SSSR count). The number of rotatable bonds is 1. The molecule has 1 aliphatic rings. The summed E-state index contributed by atoms with van der Waals surface area (Å²) in [7, 11) is 0. The van der Waals surface area contributed by atoms with Gasteiger partial charge >= 0.3 is 0 Å². The van der Waals surface area contributed by atoms with E-state index < -0.39 is 5.06 Å². The predicted octanol–water partition coefficient (Wildman–Crippen LogP) is 3.29. The molecule has 2 atom stereocenters. The van der Waals surface area contributed by atoms with Crippen LogP contribution in [0.5, 0.6) is 0 Å². The Labute approximate surface area is 80.1 Å². The van der Waals surface area contributed by atoms with Crippen molar-refractivity contribution in [3.8, 4) is 0 Å². The van der Waals surface area contributed by atoms with Crippen molar-refractivity contribution in [2.45, 2.75) is 56.9 Å². The minimum Gasteiger partial charge on any atom is -0.375 e. The highest BCUT2D eigenvalue weighted by molar-refractivity contribution is 6.22. The van der Waals surface area contributed by atoms with E-state index in [1.807, 2.05) is 0 Å². The van der Waals surface area contributed by atoms with E-state index in [2.05, 4.69) is 6.92 Å². The Morgan fingerprint density at radius 2 is 2.17 bits per heavy atom. The summed E-state index contributed by atoms with van der Waals surface area (Å²) in [6, 6.07) is 0. The monoisotopic (exact) mass is 190 g/mol. The molecule has 0 aromatic rings. The van der Waals surface area contributed by atoms with Gasteiger partial charge in [-0.05, 0) is 25.2 Å². The van der Waals surface area contributed by atoms with Crippen molar-refractivity contribution < 1.29 is 5.11 Å². The quantitative estimate of drug-likeness (QED) is 0.630. The molecule has 0 amide bonds. The lowest BCUT2D eigenvalue weighted by Crippen LogP contribution is -2.25. The van der Waals surface area contributed by atoms with Gasteiger partial charge in [0.2, 0.25) is 0 Å². The van der Waals surface area contributed by atoms with E-state index in [-0.39, 0.29) is 0 Å². The Morgan fingerprint density at radius 1 is 1.42 bits per heavy atom. The molecule has 0 saturated heterocycles. The minimum absolute atomic E-state index is 0.632. The fraction of sp³-hybridized carbons (Fsp3) is 1.00. The van der Waals surface area contributed by atoms with Crippen LogP contribution in [-0.4, -0.2) is 10.2 Å². The van der Waals surface area contributed by atoms with Gasteiger partial charge in [0.25, 0.3) is 0 Å². The molecule has 0 radical (unpaired) electrons. The van der Waals surface area contributed by atoms with Crippen molar-refractivity contribution in [3.05, 3.63) is 0 Å². The van der Waals surface area contributed by atoms with E-state index in [1.54, 1.807) is 0 Å². The van der Waals surface area contributed by atoms with Crippen LogP contribution in [-0.2, 0) is 0 Å². The lowest BCUT2D eigenvalue weighted by Gasteiger charge is -2.28. The highest BCUT2D eigenvalue weighted by Crippen LogP contribution is 2.33. The van der Waals surface area contributed by atoms with Gasteiger partial charge in [-0.3, -0.25) is 0 Å². The molecular weight excluding hydrogens is 172 g/mol. The third kappa shape index (κ3) is 3.32. The molecule has 1 fully saturated rings. The molecule has 1 saturated carbocycles. The lowest BCUT2D eigenvalue weighted by molar-refractivity contribution is 0.0763. The summed E-state index contributed by atoms with van der Waals surface area (Å²) in [6.45, 7) is 2.18. The third-order valence-electron chi connectivity index (χ3n) is 2.85. The van der Waals surface area contributed by atoms with Crippen molar-refractivity contribution in [1.29, 1.82) is 0 Å². The van der Waals surface area contributed by atoms with Crippen molar-refractivity contribution in [2.24, 2.45) is 5.92 Å². The van der Waals surface area contributed by atoms with Crippen LogP contribution in [0.3, 0.4) is 0 Å². The smallest absolute Gasteiger partial charge is 0.138 e. The Kier molecular flexibility index (Phi) is 3.85. The average molecular weight is 191 g/mol. The number of aliphatic hydroxyl groups is 1. The largest absolute Gasteiger partial charge is 0.375 e. The molecule has 72 valence electrons. The van der Waals surface area contributed by atoms with Gasteiger partial charge in [-0.2, -0.15) is 0 Å². The van der Waals surface area contributed by atoms with Crippen LogP contribution in [0.25, 0.3) is 0 Å². The SMILES string of the molecule is CCC1CCCCCC(O)(Cl)C1. The van der Waals surface area contributed by atoms with Crippen molar-refractivity contribution in [1.82, 2.24) is 0 Å². The van der Waals surface area contributed by atoms with E-state index in [0.717, 1.165) is 25.7 Å². The first-order valence-electron chi connectivity index (χ1n) is 5.05. The van der Waals surface area contributed by atoms with Crippen molar-refractivity contribution in [2.75, 3.05) is 0 Å². The van der Waals surface area contributed by atoms with Crippen LogP contribution in [0.1, 0.15) is 51.9 Å². The second-order valence-electron chi connectivity index (χ2n) is 4.00. The fourth-order valence-electron chi connectivity index (χ4n) is 2.00. The van der Waals surface area contributed by atoms with Crippen LogP contribution in [0, 0.1) is 5.92 Å². The van der Waals surface area contributed by atoms with Gasteiger partial charge in [-0.15, -0.1) is 0 Å². The molecule has 0 aliphatic heterocycles. The van der Waals surface area contributed by atoms with Gasteiger partial charge in [0, 0.05) is 0 Å². The van der Waals surface area contributed by atoms with Crippen LogP contribution in [0.4, 0.5) is 0 Å². The summed E-state index contributed by atoms with van der Waals surface area (Å²) < 4.78 is 0. The first-order chi connectivity index (χ1) is 5.64. The number of halogens is 1. The van der Waals surface area contributed by atoms with E-state index >= 15 is 0 Å². The van der Waals surface area contributed by atoms with E-state index in [9.17, 15) is 5.11 Å². The molecule has 2 heteroatoms. The van der Waals surface area contributed by atoms with E-state index in [0.29, 0.717) is 5.92 Å². The summed E-state index contributed by atoms with van der Waals surface area (Å²) in [5.74, 6) is 0.632. The zero-order valence-corrected chi connectivity index (χ0v) is 8.61. The van der Waals surface area contributed by atoms with Gasteiger partial charge in [0.05, 0.1) is 0 Å². The topological polar surface area (TPSA) is 20.2 Å². The lowest BCUT2D eigenvalue weighted by atomic mass is 9.87. The Morgan fingerprint density at radius 3 is 2.83 bits per heavy atom. The fourth-order valence-corrected chi connectivity index (χ4v) is 2.35. The van der Waals surface area contributed by atoms with Crippen molar-refractivity contribution in [3.63, 3.8) is 0 Å². The zero-order chi connectivity index (χ0) is 9.03. The molecule has 0 heterocycles. The van der Waals surface area contributed by atoms with Crippen LogP contribution in [0.15, 0.2) is 0 Å². The molecule has 1 N–H and O–H groups in total. The van der Waals surface area contributed by atoms with Crippen LogP contribution < -0.4 is 0 Å². The van der Waals surface area contributed by atoms with Crippen LogP contribution >= 0.6 is 11.6 Å². The van der Waals surface area contributed by atoms with Gasteiger partial charge in [0.1, 0.15) is 5.06 Å². The Bertz CT molecular complexity index is 134. The number of hydrogen-bond donors (Lipinski definition) is 1. The van der Waals surface area contributed by atoms with E-state index in [4.69, 9.17) is 11.6 Å². The highest BCUT2D eigenvalue weighted by atomic mass is 35.5. The van der Waals surface area contributed by atoms with Gasteiger partial charge in [-0.25, -0.2) is 0 Å². The average Bonchev–Trinajstić information content (AvgIpc) is 1.97. The second-order valence-corrected chi connectivity index (χ2v) is 4.70. The van der Waals surface area contributed by atoms with Gasteiger partial charge < -0.3 is 5.11 Å². The zero-order valence-electron chi connectivity index (χ0n) is 7.85. The van der Waals surface area contributed by atoms with Crippen LogP contribution in [0.2, 0.25) is 0 Å². The molecule has 0 aromatic carbocycles. The Hall–Kier alpha value is 0.250. The summed E-state index contributed by atoms with van der Waals surface area (Å²) in [6.07, 6.45) is 7.56. The number of alkyl halides is 1. The summed E-state index contributed by atoms with van der Waals surface area (Å²) in [5, 5.41) is 8.84. The maximum Gasteiger partial charge on any atom is 0.138 e. The summed E-state index contributed by atoms with van der Waals surface area (Å²) in [5.41, 5.74) is 0. The first-order valence-corrected chi connectivity index (χ1v) is 5.43. The highest BCUT2D eigenvalue weighted by Gasteiger charge is 2.27. The molecule has 1 aliphatic carbocycles. The maximum absolute atomic E-state index is 9.75. The summed E-state index contributed by atoms with van der Waals surface area (Å²) in [4.78, 5) is 0. The predicted molar refractivity (Wildman–Crippen MR) is 52.3 cm³/mol. The maximum atomic E-state index is 9.75. The molecule has 0 spiro atoms. The third-order valence-corrected chi connectivity index (χ3v) is 3.19. The summed E-state index contributed by atoms with van der Waals surface area (Å²) >= 11 is 5.98. The first kappa shape index (κ1) is 10.3. The second kappa shape index (κ2) is 4.48. The normalized spacial score (nSPS) is 38.8. The molecule has 0 aromatic heterocycles. The minimum atomic E-state index is -0.902. The molecule has 0 bridgehead atoms.